The Bertz CT molecular complexity index is 197. The molecule has 9 heavy (non-hydrogen) atoms. The van der Waals surface area contributed by atoms with Gasteiger partial charge in [0.2, 0.25) is 0 Å². The van der Waals surface area contributed by atoms with Crippen molar-refractivity contribution < 1.29 is 13.3 Å². The summed E-state index contributed by atoms with van der Waals surface area (Å²) in [6.07, 6.45) is 1.27. The van der Waals surface area contributed by atoms with Gasteiger partial charge in [0.15, 0.2) is 5.82 Å². The molecule has 0 bridgehead atoms. The summed E-state index contributed by atoms with van der Waals surface area (Å²) in [6, 6.07) is 1.40. The van der Waals surface area contributed by atoms with E-state index in [0.29, 0.717) is 0 Å². The number of hydrogen-bond acceptors (Lipinski definition) is 4. The highest BCUT2D eigenvalue weighted by Crippen LogP contribution is 1.99. The van der Waals surface area contributed by atoms with Crippen LogP contribution in [0.3, 0.4) is 0 Å². The van der Waals surface area contributed by atoms with E-state index < -0.39 is 11.3 Å². The van der Waals surface area contributed by atoms with E-state index >= 15 is 0 Å². The molecule has 0 radical (unpaired) electrons. The maximum atomic E-state index is 9.87. The van der Waals surface area contributed by atoms with Crippen molar-refractivity contribution in [3.05, 3.63) is 12.3 Å². The number of nitrogens with zero attached hydrogens (tertiary/aromatic N) is 1. The van der Waals surface area contributed by atoms with Crippen LogP contribution in [0.2, 0.25) is 0 Å². The van der Waals surface area contributed by atoms with Crippen molar-refractivity contribution >= 4 is 17.1 Å². The first kappa shape index (κ1) is 6.24. The van der Waals surface area contributed by atoms with Gasteiger partial charge in [0.05, 0.1) is 0 Å². The molecule has 0 aliphatic heterocycles. The minimum Gasteiger partial charge on any atom is -0.755 e. The fourth-order valence-electron chi connectivity index (χ4n) is 0.351. The molecule has 0 fully saturated rings. The van der Waals surface area contributed by atoms with Crippen LogP contribution in [-0.2, 0) is 11.3 Å². The van der Waals surface area contributed by atoms with Crippen LogP contribution in [0.25, 0.3) is 0 Å². The second-order valence-corrected chi connectivity index (χ2v) is 1.89. The van der Waals surface area contributed by atoms with Gasteiger partial charge in [0.1, 0.15) is 6.26 Å². The summed E-state index contributed by atoms with van der Waals surface area (Å²) in [4.78, 5) is 0. The van der Waals surface area contributed by atoms with Crippen molar-refractivity contribution in [2.24, 2.45) is 0 Å². The molecular weight excluding hydrogens is 144 g/mol. The summed E-state index contributed by atoms with van der Waals surface area (Å²) in [7, 11) is 0. The minimum atomic E-state index is -2.32. The largest absolute Gasteiger partial charge is 0.755 e. The molecule has 0 aliphatic carbocycles. The highest BCUT2D eigenvalue weighted by atomic mass is 32.2. The SMILES string of the molecule is O=S([O-])Nc1ccon1. The molecule has 0 saturated carbocycles. The molecule has 0 aromatic carbocycles. The van der Waals surface area contributed by atoms with Gasteiger partial charge in [0.25, 0.3) is 0 Å². The van der Waals surface area contributed by atoms with Gasteiger partial charge in [-0.05, 0) is 0 Å². The van der Waals surface area contributed by atoms with Gasteiger partial charge in [-0.15, -0.1) is 0 Å². The van der Waals surface area contributed by atoms with Crippen LogP contribution >= 0.6 is 0 Å². The maximum Gasteiger partial charge on any atom is 0.180 e. The maximum absolute atomic E-state index is 9.87. The monoisotopic (exact) mass is 147 g/mol. The fraction of sp³-hybridized carbons (Fsp3) is 0. The van der Waals surface area contributed by atoms with Crippen LogP contribution < -0.4 is 4.72 Å². The lowest BCUT2D eigenvalue weighted by atomic mass is 10.7. The summed E-state index contributed by atoms with van der Waals surface area (Å²) in [5.74, 6) is 0.184. The van der Waals surface area contributed by atoms with Crippen LogP contribution in [0.4, 0.5) is 5.82 Å². The number of rotatable bonds is 2. The fourth-order valence-corrected chi connectivity index (χ4v) is 0.627. The highest BCUT2D eigenvalue weighted by molar-refractivity contribution is 7.80. The summed E-state index contributed by atoms with van der Waals surface area (Å²) in [5, 5.41) is 3.28. The molecule has 0 saturated heterocycles. The lowest BCUT2D eigenvalue weighted by Crippen LogP contribution is -2.01. The van der Waals surface area contributed by atoms with Crippen LogP contribution in [0.1, 0.15) is 0 Å². The van der Waals surface area contributed by atoms with E-state index in [0.717, 1.165) is 0 Å². The van der Waals surface area contributed by atoms with Crippen molar-refractivity contribution in [1.82, 2.24) is 5.16 Å². The van der Waals surface area contributed by atoms with E-state index in [1.54, 1.807) is 0 Å². The van der Waals surface area contributed by atoms with Gasteiger partial charge in [-0.25, -0.2) is 0 Å². The Morgan fingerprint density at radius 3 is 3.11 bits per heavy atom. The van der Waals surface area contributed by atoms with Gasteiger partial charge in [0, 0.05) is 17.3 Å². The Balaban J connectivity index is 2.58. The lowest BCUT2D eigenvalue weighted by molar-refractivity contribution is 0.423. The van der Waals surface area contributed by atoms with E-state index in [9.17, 15) is 8.76 Å². The standard InChI is InChI=1S/C3H4N2O3S/c6-9(7)5-3-1-2-8-4-3/h1-2H,(H,4,5)(H,6,7)/p-1. The van der Waals surface area contributed by atoms with Gasteiger partial charge >= 0.3 is 0 Å². The minimum absolute atomic E-state index is 0.184. The van der Waals surface area contributed by atoms with Crippen molar-refractivity contribution in [2.45, 2.75) is 0 Å². The Kier molecular flexibility index (Phi) is 1.81. The Morgan fingerprint density at radius 2 is 2.67 bits per heavy atom. The molecule has 5 nitrogen and oxygen atoms in total. The van der Waals surface area contributed by atoms with Crippen molar-refractivity contribution in [3.63, 3.8) is 0 Å². The molecule has 1 aromatic heterocycles. The van der Waals surface area contributed by atoms with Gasteiger partial charge in [-0.3, -0.25) is 8.93 Å². The predicted molar refractivity (Wildman–Crippen MR) is 29.0 cm³/mol. The second kappa shape index (κ2) is 2.60. The van der Waals surface area contributed by atoms with Crippen LogP contribution in [-0.4, -0.2) is 13.9 Å². The normalized spacial score (nSPS) is 13.0. The molecular formula is C3H3N2O3S-. The Labute approximate surface area is 53.5 Å². The number of aromatic nitrogens is 1. The third kappa shape index (κ3) is 1.82. The van der Waals surface area contributed by atoms with Crippen molar-refractivity contribution in [3.8, 4) is 0 Å². The molecule has 0 spiro atoms. The number of anilines is 1. The summed E-state index contributed by atoms with van der Waals surface area (Å²) in [5.41, 5.74) is 0. The second-order valence-electron chi connectivity index (χ2n) is 1.22. The third-order valence-corrected chi connectivity index (χ3v) is 1.00. The van der Waals surface area contributed by atoms with Crippen molar-refractivity contribution in [1.29, 1.82) is 0 Å². The van der Waals surface area contributed by atoms with Gasteiger partial charge < -0.3 is 9.08 Å². The topological polar surface area (TPSA) is 78.2 Å². The zero-order valence-electron chi connectivity index (χ0n) is 4.23. The molecule has 0 amide bonds. The number of nitrogens with one attached hydrogen (secondary N) is 1. The zero-order chi connectivity index (χ0) is 6.69. The van der Waals surface area contributed by atoms with Crippen LogP contribution in [0.15, 0.2) is 16.9 Å². The van der Waals surface area contributed by atoms with Gasteiger partial charge in [-0.2, -0.15) is 0 Å². The van der Waals surface area contributed by atoms with Crippen LogP contribution in [0.5, 0.6) is 0 Å². The molecule has 6 heteroatoms. The quantitative estimate of drug-likeness (QED) is 0.591. The highest BCUT2D eigenvalue weighted by Gasteiger charge is 1.90. The summed E-state index contributed by atoms with van der Waals surface area (Å²) < 4.78 is 26.1. The average Bonchev–Trinajstić information content (AvgIpc) is 2.15. The zero-order valence-corrected chi connectivity index (χ0v) is 5.05. The Hall–Kier alpha value is -0.880. The average molecular weight is 147 g/mol. The number of hydrogen-bond donors (Lipinski definition) is 1. The first-order valence-electron chi connectivity index (χ1n) is 2.05. The van der Waals surface area contributed by atoms with E-state index in [4.69, 9.17) is 0 Å². The molecule has 1 heterocycles. The van der Waals surface area contributed by atoms with Gasteiger partial charge in [-0.1, -0.05) is 5.16 Å². The van der Waals surface area contributed by atoms with E-state index in [1.807, 2.05) is 4.72 Å². The summed E-state index contributed by atoms with van der Waals surface area (Å²) in [6.45, 7) is 0. The first-order chi connectivity index (χ1) is 4.29. The van der Waals surface area contributed by atoms with E-state index in [1.165, 1.54) is 12.3 Å². The molecule has 1 unspecified atom stereocenters. The molecule has 1 atom stereocenters. The van der Waals surface area contributed by atoms with Crippen molar-refractivity contribution in [2.75, 3.05) is 4.72 Å². The molecule has 1 aromatic rings. The summed E-state index contributed by atoms with van der Waals surface area (Å²) >= 11 is -2.32. The lowest BCUT2D eigenvalue weighted by Gasteiger charge is -2.01. The predicted octanol–water partition coefficient (Wildman–Crippen LogP) is -0.119. The van der Waals surface area contributed by atoms with E-state index in [-0.39, 0.29) is 5.82 Å². The Morgan fingerprint density at radius 1 is 1.89 bits per heavy atom. The third-order valence-electron chi connectivity index (χ3n) is 0.626. The smallest absolute Gasteiger partial charge is 0.180 e. The van der Waals surface area contributed by atoms with E-state index in [2.05, 4.69) is 9.68 Å². The molecule has 1 N–H and O–H groups in total. The molecule has 1 rings (SSSR count). The molecule has 50 valence electrons. The molecule has 0 aliphatic rings. The first-order valence-corrected chi connectivity index (χ1v) is 3.13. The van der Waals surface area contributed by atoms with Crippen LogP contribution in [0, 0.1) is 0 Å².